The minimum absolute atomic E-state index is 0.210. The molecule has 0 bridgehead atoms. The van der Waals surface area contributed by atoms with E-state index in [0.29, 0.717) is 6.54 Å². The van der Waals surface area contributed by atoms with E-state index in [1.54, 1.807) is 6.07 Å². The van der Waals surface area contributed by atoms with Crippen LogP contribution in [0.15, 0.2) is 48.5 Å². The highest BCUT2D eigenvalue weighted by atomic mass is 35.5. The Labute approximate surface area is 146 Å². The molecule has 126 valence electrons. The minimum atomic E-state index is -0.456. The van der Waals surface area contributed by atoms with Gasteiger partial charge in [-0.1, -0.05) is 41.9 Å². The number of halogens is 2. The van der Waals surface area contributed by atoms with Crippen molar-refractivity contribution in [2.45, 2.75) is 13.1 Å². The Morgan fingerprint density at radius 3 is 2.54 bits per heavy atom. The standard InChI is InChI=1S/C19H20ClFN2O/c1-23(2)13-15-7-4-3-6-14(15)12-22-19(24)11-10-16-17(20)8-5-9-18(16)21/h3-11H,12-13H2,1-2H3,(H,22,24)/b11-10+. The molecule has 2 aromatic carbocycles. The molecule has 0 fully saturated rings. The number of nitrogens with zero attached hydrogens (tertiary/aromatic N) is 1. The van der Waals surface area contributed by atoms with E-state index in [0.717, 1.165) is 17.7 Å². The third-order valence-corrected chi connectivity index (χ3v) is 3.79. The summed E-state index contributed by atoms with van der Waals surface area (Å²) >= 11 is 5.93. The molecule has 1 N–H and O–H groups in total. The molecule has 0 heterocycles. The number of nitrogens with one attached hydrogen (secondary N) is 1. The van der Waals surface area contributed by atoms with Gasteiger partial charge in [-0.2, -0.15) is 0 Å². The van der Waals surface area contributed by atoms with Crippen LogP contribution in [-0.2, 0) is 17.9 Å². The van der Waals surface area contributed by atoms with E-state index >= 15 is 0 Å². The van der Waals surface area contributed by atoms with E-state index in [1.165, 1.54) is 24.3 Å². The molecule has 24 heavy (non-hydrogen) atoms. The van der Waals surface area contributed by atoms with Crippen molar-refractivity contribution in [2.75, 3.05) is 14.1 Å². The first-order valence-corrected chi connectivity index (χ1v) is 7.96. The van der Waals surface area contributed by atoms with Crippen molar-refractivity contribution in [3.8, 4) is 0 Å². The Hall–Kier alpha value is -2.17. The van der Waals surface area contributed by atoms with E-state index in [4.69, 9.17) is 11.6 Å². The lowest BCUT2D eigenvalue weighted by Crippen LogP contribution is -2.22. The van der Waals surface area contributed by atoms with Crippen LogP contribution in [-0.4, -0.2) is 24.9 Å². The van der Waals surface area contributed by atoms with Crippen molar-refractivity contribution in [2.24, 2.45) is 0 Å². The second-order valence-electron chi connectivity index (χ2n) is 5.69. The Kier molecular flexibility index (Phi) is 6.53. The predicted molar refractivity (Wildman–Crippen MR) is 96.1 cm³/mol. The molecule has 0 aliphatic carbocycles. The first-order valence-electron chi connectivity index (χ1n) is 7.59. The van der Waals surface area contributed by atoms with Gasteiger partial charge in [0.05, 0.1) is 5.02 Å². The van der Waals surface area contributed by atoms with Gasteiger partial charge in [-0.3, -0.25) is 4.79 Å². The molecule has 0 aliphatic heterocycles. The molecule has 3 nitrogen and oxygen atoms in total. The van der Waals surface area contributed by atoms with Gasteiger partial charge in [0.25, 0.3) is 0 Å². The highest BCUT2D eigenvalue weighted by Gasteiger charge is 2.06. The van der Waals surface area contributed by atoms with Gasteiger partial charge in [0.1, 0.15) is 5.82 Å². The van der Waals surface area contributed by atoms with Gasteiger partial charge in [0.15, 0.2) is 0 Å². The van der Waals surface area contributed by atoms with Crippen molar-refractivity contribution < 1.29 is 9.18 Å². The normalized spacial score (nSPS) is 11.2. The monoisotopic (exact) mass is 346 g/mol. The average Bonchev–Trinajstić information content (AvgIpc) is 2.53. The van der Waals surface area contributed by atoms with Gasteiger partial charge < -0.3 is 10.2 Å². The number of carbonyl (C=O) groups is 1. The molecule has 5 heteroatoms. The third-order valence-electron chi connectivity index (χ3n) is 3.46. The fraction of sp³-hybridized carbons (Fsp3) is 0.211. The van der Waals surface area contributed by atoms with Crippen molar-refractivity contribution in [1.29, 1.82) is 0 Å². The maximum Gasteiger partial charge on any atom is 0.244 e. The second kappa shape index (κ2) is 8.62. The summed E-state index contributed by atoms with van der Waals surface area (Å²) in [6, 6.07) is 12.4. The van der Waals surface area contributed by atoms with E-state index in [9.17, 15) is 9.18 Å². The van der Waals surface area contributed by atoms with Gasteiger partial charge >= 0.3 is 0 Å². The predicted octanol–water partition coefficient (Wildman–Crippen LogP) is 3.87. The summed E-state index contributed by atoms with van der Waals surface area (Å²) in [5.41, 5.74) is 2.42. The zero-order chi connectivity index (χ0) is 17.5. The van der Waals surface area contributed by atoms with E-state index in [-0.39, 0.29) is 16.5 Å². The van der Waals surface area contributed by atoms with Crippen LogP contribution in [0, 0.1) is 5.82 Å². The van der Waals surface area contributed by atoms with E-state index in [2.05, 4.69) is 10.2 Å². The molecular formula is C19H20ClFN2O. The van der Waals surface area contributed by atoms with Crippen LogP contribution in [0.4, 0.5) is 4.39 Å². The molecule has 0 radical (unpaired) electrons. The fourth-order valence-corrected chi connectivity index (χ4v) is 2.52. The summed E-state index contributed by atoms with van der Waals surface area (Å²) in [7, 11) is 3.99. The van der Waals surface area contributed by atoms with Gasteiger partial charge in [-0.25, -0.2) is 4.39 Å². The number of carbonyl (C=O) groups excluding carboxylic acids is 1. The van der Waals surface area contributed by atoms with Crippen LogP contribution < -0.4 is 5.32 Å². The Morgan fingerprint density at radius 1 is 1.17 bits per heavy atom. The molecule has 0 saturated heterocycles. The molecule has 2 rings (SSSR count). The number of hydrogen-bond acceptors (Lipinski definition) is 2. The van der Waals surface area contributed by atoms with Crippen LogP contribution >= 0.6 is 11.6 Å². The SMILES string of the molecule is CN(C)Cc1ccccc1CNC(=O)/C=C/c1c(F)cccc1Cl. The minimum Gasteiger partial charge on any atom is -0.348 e. The van der Waals surface area contributed by atoms with Gasteiger partial charge in [0.2, 0.25) is 5.91 Å². The molecule has 0 aliphatic rings. The zero-order valence-corrected chi connectivity index (χ0v) is 14.5. The summed E-state index contributed by atoms with van der Waals surface area (Å²) in [5.74, 6) is -0.753. The first kappa shape index (κ1) is 18.2. The summed E-state index contributed by atoms with van der Waals surface area (Å²) < 4.78 is 13.7. The zero-order valence-electron chi connectivity index (χ0n) is 13.7. The van der Waals surface area contributed by atoms with Crippen molar-refractivity contribution in [3.05, 3.63) is 76.1 Å². The van der Waals surface area contributed by atoms with Gasteiger partial charge in [0, 0.05) is 24.7 Å². The highest BCUT2D eigenvalue weighted by Crippen LogP contribution is 2.20. The number of benzene rings is 2. The summed E-state index contributed by atoms with van der Waals surface area (Å²) in [6.07, 6.45) is 2.68. The maximum absolute atomic E-state index is 13.7. The lowest BCUT2D eigenvalue weighted by molar-refractivity contribution is -0.116. The molecular weight excluding hydrogens is 327 g/mol. The fourth-order valence-electron chi connectivity index (χ4n) is 2.30. The third kappa shape index (κ3) is 5.18. The Morgan fingerprint density at radius 2 is 1.88 bits per heavy atom. The number of rotatable bonds is 6. The first-order chi connectivity index (χ1) is 11.5. The van der Waals surface area contributed by atoms with Crippen LogP contribution in [0.3, 0.4) is 0 Å². The van der Waals surface area contributed by atoms with Crippen molar-refractivity contribution in [3.63, 3.8) is 0 Å². The molecule has 2 aromatic rings. The Balaban J connectivity index is 2.00. The van der Waals surface area contributed by atoms with Gasteiger partial charge in [-0.05, 0) is 43.4 Å². The van der Waals surface area contributed by atoms with E-state index < -0.39 is 5.82 Å². The van der Waals surface area contributed by atoms with Gasteiger partial charge in [-0.15, -0.1) is 0 Å². The molecule has 0 atom stereocenters. The molecule has 0 aromatic heterocycles. The summed E-state index contributed by atoms with van der Waals surface area (Å²) in [6.45, 7) is 1.21. The summed E-state index contributed by atoms with van der Waals surface area (Å²) in [4.78, 5) is 14.0. The van der Waals surface area contributed by atoms with Crippen LogP contribution in [0.1, 0.15) is 16.7 Å². The van der Waals surface area contributed by atoms with E-state index in [1.807, 2.05) is 38.4 Å². The second-order valence-corrected chi connectivity index (χ2v) is 6.10. The maximum atomic E-state index is 13.7. The Bertz CT molecular complexity index is 724. The molecule has 0 unspecified atom stereocenters. The largest absolute Gasteiger partial charge is 0.348 e. The smallest absolute Gasteiger partial charge is 0.244 e. The van der Waals surface area contributed by atoms with Crippen LogP contribution in [0.5, 0.6) is 0 Å². The topological polar surface area (TPSA) is 32.3 Å². The van der Waals surface area contributed by atoms with Crippen molar-refractivity contribution in [1.82, 2.24) is 10.2 Å². The quantitative estimate of drug-likeness (QED) is 0.805. The highest BCUT2D eigenvalue weighted by molar-refractivity contribution is 6.32. The lowest BCUT2D eigenvalue weighted by atomic mass is 10.1. The average molecular weight is 347 g/mol. The number of amides is 1. The molecule has 0 spiro atoms. The van der Waals surface area contributed by atoms with Crippen LogP contribution in [0.2, 0.25) is 5.02 Å². The van der Waals surface area contributed by atoms with Crippen molar-refractivity contribution >= 4 is 23.6 Å². The summed E-state index contributed by atoms with van der Waals surface area (Å²) in [5, 5.41) is 3.09. The number of hydrogen-bond donors (Lipinski definition) is 1. The lowest BCUT2D eigenvalue weighted by Gasteiger charge is -2.14. The van der Waals surface area contributed by atoms with Crippen LogP contribution in [0.25, 0.3) is 6.08 Å². The molecule has 1 amide bonds. The molecule has 0 saturated carbocycles.